The second-order valence-electron chi connectivity index (χ2n) is 12.8. The number of unbranched alkanes of at least 4 members (excludes halogenated alkanes) is 1. The number of para-hydroxylation sites is 3. The van der Waals surface area contributed by atoms with Crippen molar-refractivity contribution in [3.63, 3.8) is 0 Å². The lowest BCUT2D eigenvalue weighted by molar-refractivity contribution is 0.233. The van der Waals surface area contributed by atoms with Crippen molar-refractivity contribution in [3.05, 3.63) is 140 Å². The molecule has 0 aliphatic heterocycles. The molecule has 0 radical (unpaired) electrons. The molecule has 2 aromatic heterocycles. The molecule has 0 fully saturated rings. The summed E-state index contributed by atoms with van der Waals surface area (Å²) in [7, 11) is 0. The first-order valence-electron chi connectivity index (χ1n) is 17.3. The van der Waals surface area contributed by atoms with E-state index in [1.54, 1.807) is 0 Å². The highest BCUT2D eigenvalue weighted by atomic mass is 16.5. The van der Waals surface area contributed by atoms with Gasteiger partial charge in [0.05, 0.1) is 28.7 Å². The van der Waals surface area contributed by atoms with Crippen LogP contribution in [0, 0.1) is 5.92 Å². The summed E-state index contributed by atoms with van der Waals surface area (Å²) in [5, 5.41) is 8.67. The van der Waals surface area contributed by atoms with Crippen LogP contribution in [0.2, 0.25) is 0 Å². The maximum Gasteiger partial charge on any atom is 0.119 e. The quantitative estimate of drug-likeness (QED) is 0.155. The number of nitrogens with one attached hydrogen (secondary N) is 1. The first kappa shape index (κ1) is 29.9. The molecular weight excluding hydrogens is 587 g/mol. The van der Waals surface area contributed by atoms with Crippen molar-refractivity contribution in [2.75, 3.05) is 11.9 Å². The second-order valence-corrected chi connectivity index (χ2v) is 12.8. The van der Waals surface area contributed by atoms with Crippen molar-refractivity contribution in [2.24, 2.45) is 5.92 Å². The third-order valence-electron chi connectivity index (χ3n) is 9.79. The molecule has 0 saturated carbocycles. The minimum Gasteiger partial charge on any atom is -0.493 e. The molecule has 0 spiro atoms. The van der Waals surface area contributed by atoms with Gasteiger partial charge in [-0.05, 0) is 97.3 Å². The third-order valence-corrected chi connectivity index (χ3v) is 9.79. The molecule has 0 amide bonds. The smallest absolute Gasteiger partial charge is 0.119 e. The minimum atomic E-state index is 0.614. The summed E-state index contributed by atoms with van der Waals surface area (Å²) in [4.78, 5) is 0. The lowest BCUT2D eigenvalue weighted by Gasteiger charge is -2.16. The summed E-state index contributed by atoms with van der Waals surface area (Å²) in [5.74, 6) is 1.55. The van der Waals surface area contributed by atoms with Gasteiger partial charge in [-0.2, -0.15) is 0 Å². The number of aromatic nitrogens is 2. The van der Waals surface area contributed by atoms with Gasteiger partial charge in [0.15, 0.2) is 0 Å². The van der Waals surface area contributed by atoms with Gasteiger partial charge in [-0.1, -0.05) is 87.7 Å². The van der Waals surface area contributed by atoms with Crippen LogP contribution in [0.5, 0.6) is 5.75 Å². The van der Waals surface area contributed by atoms with Crippen LogP contribution in [-0.2, 0) is 0 Å². The van der Waals surface area contributed by atoms with Crippen molar-refractivity contribution in [3.8, 4) is 17.1 Å². The topological polar surface area (TPSA) is 31.1 Å². The van der Waals surface area contributed by atoms with Crippen LogP contribution in [0.4, 0.5) is 11.4 Å². The molecule has 8 rings (SSSR count). The summed E-state index contributed by atoms with van der Waals surface area (Å²) in [6.45, 7) is 5.30. The molecule has 4 nitrogen and oxygen atoms in total. The zero-order valence-corrected chi connectivity index (χ0v) is 27.7. The van der Waals surface area contributed by atoms with Crippen LogP contribution in [0.3, 0.4) is 0 Å². The van der Waals surface area contributed by atoms with Gasteiger partial charge in [0.1, 0.15) is 5.75 Å². The number of fused-ring (bicyclic) bond motifs is 6. The zero-order valence-electron chi connectivity index (χ0n) is 27.7. The van der Waals surface area contributed by atoms with E-state index < -0.39 is 0 Å². The van der Waals surface area contributed by atoms with E-state index in [1.807, 2.05) is 0 Å². The van der Waals surface area contributed by atoms with E-state index in [4.69, 9.17) is 4.74 Å². The average molecular weight is 628 g/mol. The minimum absolute atomic E-state index is 0.614. The zero-order chi connectivity index (χ0) is 32.5. The van der Waals surface area contributed by atoms with Crippen LogP contribution >= 0.6 is 0 Å². The van der Waals surface area contributed by atoms with E-state index >= 15 is 0 Å². The number of hydrogen-bond acceptors (Lipinski definition) is 2. The van der Waals surface area contributed by atoms with E-state index in [2.05, 4.69) is 168 Å². The molecule has 1 N–H and O–H groups in total. The van der Waals surface area contributed by atoms with E-state index in [0.717, 1.165) is 41.5 Å². The molecule has 8 aromatic rings. The van der Waals surface area contributed by atoms with Crippen LogP contribution in [0.25, 0.3) is 55.0 Å². The van der Waals surface area contributed by atoms with Crippen LogP contribution in [0.15, 0.2) is 140 Å². The fourth-order valence-corrected chi connectivity index (χ4v) is 7.19. The van der Waals surface area contributed by atoms with Gasteiger partial charge < -0.3 is 19.2 Å². The van der Waals surface area contributed by atoms with Gasteiger partial charge in [0, 0.05) is 44.3 Å². The molecule has 0 aliphatic carbocycles. The number of nitrogens with zero attached hydrogens (tertiary/aromatic N) is 2. The maximum atomic E-state index is 6.22. The second kappa shape index (κ2) is 13.0. The molecule has 1 atom stereocenters. The molecule has 0 bridgehead atoms. The van der Waals surface area contributed by atoms with Crippen LogP contribution < -0.4 is 10.1 Å². The molecule has 1 unspecified atom stereocenters. The number of benzene rings is 6. The Labute approximate surface area is 282 Å². The standard InChI is InChI=1S/C44H41N3O/c1-3-5-12-31(4-2)30-48-36-26-24-35(25-27-36)47-43-18-11-8-15-39(43)40-29-33(21-28-44(40)47)45-32-19-22-34(23-20-32)46-41-16-9-6-13-37(41)38-14-7-10-17-42(38)46/h6-11,13-29,31,45H,3-5,12,30H2,1-2H3. The molecule has 238 valence electrons. The Morgan fingerprint density at radius 1 is 0.542 bits per heavy atom. The van der Waals surface area contributed by atoms with Gasteiger partial charge in [-0.3, -0.25) is 0 Å². The number of ether oxygens (including phenoxy) is 1. The first-order valence-corrected chi connectivity index (χ1v) is 17.3. The average Bonchev–Trinajstić information content (AvgIpc) is 3.65. The van der Waals surface area contributed by atoms with Crippen molar-refractivity contribution in [2.45, 2.75) is 39.5 Å². The summed E-state index contributed by atoms with van der Waals surface area (Å²) in [6.07, 6.45) is 4.89. The highest BCUT2D eigenvalue weighted by Crippen LogP contribution is 2.36. The molecule has 0 saturated heterocycles. The van der Waals surface area contributed by atoms with Crippen LogP contribution in [-0.4, -0.2) is 15.7 Å². The lowest BCUT2D eigenvalue weighted by atomic mass is 10.0. The van der Waals surface area contributed by atoms with Gasteiger partial charge in [0.2, 0.25) is 0 Å². The Hall–Kier alpha value is -5.48. The summed E-state index contributed by atoms with van der Waals surface area (Å²) >= 11 is 0. The molecular formula is C44H41N3O. The maximum absolute atomic E-state index is 6.22. The van der Waals surface area contributed by atoms with E-state index in [0.29, 0.717) is 5.92 Å². The van der Waals surface area contributed by atoms with Gasteiger partial charge in [0.25, 0.3) is 0 Å². The number of rotatable bonds is 11. The van der Waals surface area contributed by atoms with E-state index in [1.165, 1.54) is 62.9 Å². The fourth-order valence-electron chi connectivity index (χ4n) is 7.19. The third kappa shape index (κ3) is 5.47. The number of hydrogen-bond donors (Lipinski definition) is 1. The number of anilines is 2. The Balaban J connectivity index is 1.07. The van der Waals surface area contributed by atoms with Gasteiger partial charge >= 0.3 is 0 Å². The van der Waals surface area contributed by atoms with E-state index in [9.17, 15) is 0 Å². The SMILES string of the molecule is CCCCC(CC)COc1ccc(-n2c3ccccc3c3cc(Nc4ccc(-n5c6ccccc6c6ccccc65)cc4)ccc32)cc1. The molecule has 48 heavy (non-hydrogen) atoms. The van der Waals surface area contributed by atoms with Crippen molar-refractivity contribution >= 4 is 55.0 Å². The van der Waals surface area contributed by atoms with Crippen molar-refractivity contribution in [1.29, 1.82) is 0 Å². The Bertz CT molecular complexity index is 2290. The largest absolute Gasteiger partial charge is 0.493 e. The Kier molecular flexibility index (Phi) is 8.07. The Morgan fingerprint density at radius 2 is 1.04 bits per heavy atom. The monoisotopic (exact) mass is 627 g/mol. The van der Waals surface area contributed by atoms with Gasteiger partial charge in [-0.25, -0.2) is 0 Å². The fraction of sp³-hybridized carbons (Fsp3) is 0.182. The van der Waals surface area contributed by atoms with Crippen molar-refractivity contribution < 1.29 is 4.74 Å². The predicted octanol–water partition coefficient (Wildman–Crippen LogP) is 12.2. The van der Waals surface area contributed by atoms with Gasteiger partial charge in [-0.15, -0.1) is 0 Å². The molecule has 6 aromatic carbocycles. The molecule has 2 heterocycles. The van der Waals surface area contributed by atoms with Crippen LogP contribution in [0.1, 0.15) is 39.5 Å². The highest BCUT2D eigenvalue weighted by Gasteiger charge is 2.14. The summed E-state index contributed by atoms with van der Waals surface area (Å²) in [5.41, 5.74) is 9.21. The van der Waals surface area contributed by atoms with E-state index in [-0.39, 0.29) is 0 Å². The predicted molar refractivity (Wildman–Crippen MR) is 204 cm³/mol. The summed E-state index contributed by atoms with van der Waals surface area (Å²) < 4.78 is 10.9. The molecule has 0 aliphatic rings. The Morgan fingerprint density at radius 3 is 1.60 bits per heavy atom. The summed E-state index contributed by atoms with van der Waals surface area (Å²) in [6, 6.07) is 49.9. The lowest BCUT2D eigenvalue weighted by Crippen LogP contribution is -2.11. The highest BCUT2D eigenvalue weighted by molar-refractivity contribution is 6.11. The molecule has 4 heteroatoms. The normalized spacial score (nSPS) is 12.3. The first-order chi connectivity index (χ1) is 23.7. The van der Waals surface area contributed by atoms with Crippen molar-refractivity contribution in [1.82, 2.24) is 9.13 Å².